The van der Waals surface area contributed by atoms with Crippen LogP contribution in [0.4, 0.5) is 11.4 Å². The summed E-state index contributed by atoms with van der Waals surface area (Å²) in [6.45, 7) is 2.10. The van der Waals surface area contributed by atoms with E-state index in [1.54, 1.807) is 4.90 Å². The third kappa shape index (κ3) is 3.40. The zero-order valence-electron chi connectivity index (χ0n) is 11.6. The molecule has 1 unspecified atom stereocenters. The molecule has 1 aliphatic rings. The third-order valence-electron chi connectivity index (χ3n) is 3.40. The van der Waals surface area contributed by atoms with Gasteiger partial charge in [-0.05, 0) is 43.5 Å². The molecule has 1 heterocycles. The molecule has 0 saturated carbocycles. The Morgan fingerprint density at radius 3 is 2.55 bits per heavy atom. The fraction of sp³-hybridized carbons (Fsp3) is 0.429. The molecule has 0 aromatic heterocycles. The fourth-order valence-electron chi connectivity index (χ4n) is 2.45. The third-order valence-corrected chi connectivity index (χ3v) is 3.40. The van der Waals surface area contributed by atoms with Crippen LogP contribution in [0.1, 0.15) is 18.9 Å². The molecule has 6 heteroatoms. The number of benzene rings is 1. The maximum Gasteiger partial charge on any atom is 0.236 e. The topological polar surface area (TPSA) is 101 Å². The molecule has 5 N–H and O–H groups in total. The van der Waals surface area contributed by atoms with Gasteiger partial charge >= 0.3 is 0 Å². The summed E-state index contributed by atoms with van der Waals surface area (Å²) in [4.78, 5) is 23.8. The van der Waals surface area contributed by atoms with Crippen molar-refractivity contribution in [3.05, 3.63) is 23.8 Å². The second-order valence-corrected chi connectivity index (χ2v) is 5.21. The standard InChI is InChI=1S/C14H20N4O2/c1-9-2-3-10-6-11(4-5-12(10)17-9)18(7-13(15)19)8-14(16)20/h4-6,9,17H,2-3,7-8H2,1H3,(H2,15,19)(H2,16,20). The second-order valence-electron chi connectivity index (χ2n) is 5.21. The van der Waals surface area contributed by atoms with E-state index in [9.17, 15) is 9.59 Å². The van der Waals surface area contributed by atoms with Gasteiger partial charge in [0.05, 0.1) is 13.1 Å². The number of nitrogens with zero attached hydrogens (tertiary/aromatic N) is 1. The van der Waals surface area contributed by atoms with Crippen LogP contribution < -0.4 is 21.7 Å². The number of carbonyl (C=O) groups is 2. The minimum Gasteiger partial charge on any atom is -0.382 e. The molecule has 0 saturated heterocycles. The van der Waals surface area contributed by atoms with Gasteiger partial charge in [0.1, 0.15) is 0 Å². The Hall–Kier alpha value is -2.24. The number of amides is 2. The van der Waals surface area contributed by atoms with Crippen LogP contribution in [0.25, 0.3) is 0 Å². The van der Waals surface area contributed by atoms with Crippen LogP contribution in [0, 0.1) is 0 Å². The van der Waals surface area contributed by atoms with Gasteiger partial charge in [0, 0.05) is 17.4 Å². The van der Waals surface area contributed by atoms with Gasteiger partial charge in [0.2, 0.25) is 11.8 Å². The largest absolute Gasteiger partial charge is 0.382 e. The highest BCUT2D eigenvalue weighted by Gasteiger charge is 2.17. The van der Waals surface area contributed by atoms with Crippen molar-refractivity contribution in [3.8, 4) is 0 Å². The number of primary amides is 2. The van der Waals surface area contributed by atoms with E-state index < -0.39 is 11.8 Å². The van der Waals surface area contributed by atoms with Gasteiger partial charge in [-0.25, -0.2) is 0 Å². The van der Waals surface area contributed by atoms with Gasteiger partial charge < -0.3 is 21.7 Å². The predicted molar refractivity (Wildman–Crippen MR) is 78.4 cm³/mol. The van der Waals surface area contributed by atoms with E-state index in [0.717, 1.165) is 24.2 Å². The van der Waals surface area contributed by atoms with Crippen molar-refractivity contribution < 1.29 is 9.59 Å². The van der Waals surface area contributed by atoms with Crippen molar-refractivity contribution in [2.75, 3.05) is 23.3 Å². The van der Waals surface area contributed by atoms with E-state index in [2.05, 4.69) is 12.2 Å². The molecule has 0 aliphatic carbocycles. The molecular weight excluding hydrogens is 256 g/mol. The van der Waals surface area contributed by atoms with Gasteiger partial charge in [-0.3, -0.25) is 9.59 Å². The van der Waals surface area contributed by atoms with Crippen LogP contribution in [-0.2, 0) is 16.0 Å². The van der Waals surface area contributed by atoms with Crippen molar-refractivity contribution in [1.82, 2.24) is 0 Å². The summed E-state index contributed by atoms with van der Waals surface area (Å²) in [6.07, 6.45) is 2.03. The number of carbonyl (C=O) groups excluding carboxylic acids is 2. The average Bonchev–Trinajstić information content (AvgIpc) is 2.36. The summed E-state index contributed by atoms with van der Waals surface area (Å²) in [7, 11) is 0. The number of nitrogens with two attached hydrogens (primary N) is 2. The number of aryl methyl sites for hydroxylation is 1. The molecule has 0 radical (unpaired) electrons. The molecule has 108 valence electrons. The number of rotatable bonds is 5. The molecule has 2 amide bonds. The molecule has 1 atom stereocenters. The number of fused-ring (bicyclic) bond motifs is 1. The molecular formula is C14H20N4O2. The van der Waals surface area contributed by atoms with Crippen LogP contribution in [0.3, 0.4) is 0 Å². The molecule has 0 fully saturated rings. The first-order valence-corrected chi connectivity index (χ1v) is 6.66. The summed E-state index contributed by atoms with van der Waals surface area (Å²) < 4.78 is 0. The highest BCUT2D eigenvalue weighted by Crippen LogP contribution is 2.28. The SMILES string of the molecule is CC1CCc2cc(N(CC(N)=O)CC(N)=O)ccc2N1. The van der Waals surface area contributed by atoms with Crippen molar-refractivity contribution in [2.45, 2.75) is 25.8 Å². The van der Waals surface area contributed by atoms with Crippen LogP contribution in [0.5, 0.6) is 0 Å². The lowest BCUT2D eigenvalue weighted by atomic mass is 9.98. The molecule has 20 heavy (non-hydrogen) atoms. The Morgan fingerprint density at radius 1 is 1.30 bits per heavy atom. The zero-order valence-corrected chi connectivity index (χ0v) is 11.6. The summed E-state index contributed by atoms with van der Waals surface area (Å²) >= 11 is 0. The summed E-state index contributed by atoms with van der Waals surface area (Å²) in [5, 5.41) is 3.41. The van der Waals surface area contributed by atoms with Gasteiger partial charge in [-0.15, -0.1) is 0 Å². The molecule has 6 nitrogen and oxygen atoms in total. The quantitative estimate of drug-likeness (QED) is 0.715. The van der Waals surface area contributed by atoms with Gasteiger partial charge in [0.15, 0.2) is 0 Å². The fourth-order valence-corrected chi connectivity index (χ4v) is 2.45. The van der Waals surface area contributed by atoms with E-state index in [1.165, 1.54) is 5.56 Å². The minimum absolute atomic E-state index is 0.0223. The lowest BCUT2D eigenvalue weighted by molar-refractivity contribution is -0.117. The Morgan fingerprint density at radius 2 is 1.95 bits per heavy atom. The van der Waals surface area contributed by atoms with Crippen molar-refractivity contribution >= 4 is 23.2 Å². The van der Waals surface area contributed by atoms with E-state index in [4.69, 9.17) is 11.5 Å². The van der Waals surface area contributed by atoms with Crippen LogP contribution in [0.2, 0.25) is 0 Å². The Balaban J connectivity index is 2.25. The first-order valence-electron chi connectivity index (χ1n) is 6.66. The normalized spacial score (nSPS) is 16.9. The van der Waals surface area contributed by atoms with Crippen molar-refractivity contribution in [3.63, 3.8) is 0 Å². The number of hydrogen-bond acceptors (Lipinski definition) is 4. The monoisotopic (exact) mass is 276 g/mol. The van der Waals surface area contributed by atoms with E-state index in [-0.39, 0.29) is 13.1 Å². The maximum absolute atomic E-state index is 11.1. The van der Waals surface area contributed by atoms with Crippen molar-refractivity contribution in [2.24, 2.45) is 11.5 Å². The van der Waals surface area contributed by atoms with Crippen molar-refractivity contribution in [1.29, 1.82) is 0 Å². The molecule has 2 rings (SSSR count). The molecule has 0 bridgehead atoms. The number of nitrogens with one attached hydrogen (secondary N) is 1. The summed E-state index contributed by atoms with van der Waals surface area (Å²) in [5.41, 5.74) is 13.5. The lowest BCUT2D eigenvalue weighted by Crippen LogP contribution is -2.39. The molecule has 1 aliphatic heterocycles. The minimum atomic E-state index is -0.490. The highest BCUT2D eigenvalue weighted by molar-refractivity contribution is 5.85. The van der Waals surface area contributed by atoms with E-state index >= 15 is 0 Å². The first-order chi connectivity index (χ1) is 9.45. The lowest BCUT2D eigenvalue weighted by Gasteiger charge is -2.27. The smallest absolute Gasteiger partial charge is 0.236 e. The zero-order chi connectivity index (χ0) is 14.7. The second kappa shape index (κ2) is 5.81. The summed E-state index contributed by atoms with van der Waals surface area (Å²) in [6, 6.07) is 6.28. The van der Waals surface area contributed by atoms with Gasteiger partial charge in [0.25, 0.3) is 0 Å². The van der Waals surface area contributed by atoms with Gasteiger partial charge in [-0.1, -0.05) is 0 Å². The predicted octanol–water partition coefficient (Wildman–Crippen LogP) is 0.210. The highest BCUT2D eigenvalue weighted by atomic mass is 16.2. The molecule has 0 spiro atoms. The van der Waals surface area contributed by atoms with E-state index in [1.807, 2.05) is 18.2 Å². The average molecular weight is 276 g/mol. The first kappa shape index (κ1) is 14.2. The maximum atomic E-state index is 11.1. The van der Waals surface area contributed by atoms with E-state index in [0.29, 0.717) is 6.04 Å². The summed E-state index contributed by atoms with van der Waals surface area (Å²) in [5.74, 6) is -0.980. The number of hydrogen-bond donors (Lipinski definition) is 3. The Kier molecular flexibility index (Phi) is 4.12. The van der Waals surface area contributed by atoms with Crippen LogP contribution in [-0.4, -0.2) is 30.9 Å². The Labute approximate surface area is 118 Å². The van der Waals surface area contributed by atoms with Crippen LogP contribution >= 0.6 is 0 Å². The molecule has 1 aromatic carbocycles. The van der Waals surface area contributed by atoms with Gasteiger partial charge in [-0.2, -0.15) is 0 Å². The van der Waals surface area contributed by atoms with Crippen LogP contribution in [0.15, 0.2) is 18.2 Å². The molecule has 1 aromatic rings. The Bertz CT molecular complexity index is 514. The number of anilines is 2.